The summed E-state index contributed by atoms with van der Waals surface area (Å²) in [6, 6.07) is 8.92. The zero-order valence-corrected chi connectivity index (χ0v) is 20.2. The van der Waals surface area contributed by atoms with Crippen molar-refractivity contribution >= 4 is 28.3 Å². The normalized spacial score (nSPS) is 14.0. The molecular weight excluding hydrogens is 432 g/mol. The summed E-state index contributed by atoms with van der Waals surface area (Å²) in [6.07, 6.45) is 0. The lowest BCUT2D eigenvalue weighted by atomic mass is 9.83. The quantitative estimate of drug-likeness (QED) is 0.417. The molecule has 2 N–H and O–H groups in total. The number of hydrogen-bond donors (Lipinski definition) is 1. The summed E-state index contributed by atoms with van der Waals surface area (Å²) in [5, 5.41) is 1.71. The number of nitrogens with zero attached hydrogens (tertiary/aromatic N) is 1. The van der Waals surface area contributed by atoms with E-state index in [4.69, 9.17) is 14.9 Å². The largest absolute Gasteiger partial charge is 0.463 e. The highest BCUT2D eigenvalue weighted by atomic mass is 16.5. The van der Waals surface area contributed by atoms with Crippen LogP contribution >= 0.6 is 0 Å². The van der Waals surface area contributed by atoms with Crippen LogP contribution in [0.25, 0.3) is 22.1 Å². The number of carbonyl (C=O) groups excluding carboxylic acids is 3. The maximum atomic E-state index is 13.1. The molecule has 0 fully saturated rings. The molecule has 0 unspecified atom stereocenters. The van der Waals surface area contributed by atoms with Gasteiger partial charge in [-0.05, 0) is 49.2 Å². The summed E-state index contributed by atoms with van der Waals surface area (Å²) < 4.78 is 11.5. The summed E-state index contributed by atoms with van der Waals surface area (Å²) in [5.41, 5.74) is 8.91. The van der Waals surface area contributed by atoms with Crippen molar-refractivity contribution in [1.82, 2.24) is 4.90 Å². The predicted octanol–water partition coefficient (Wildman–Crippen LogP) is 4.05. The van der Waals surface area contributed by atoms with Gasteiger partial charge in [0.05, 0.1) is 12.1 Å². The van der Waals surface area contributed by atoms with Crippen LogP contribution in [-0.2, 0) is 16.1 Å². The van der Waals surface area contributed by atoms with Crippen molar-refractivity contribution in [3.63, 3.8) is 0 Å². The number of fused-ring (bicyclic) bond motifs is 5. The molecule has 1 heterocycles. The van der Waals surface area contributed by atoms with Gasteiger partial charge in [0.2, 0.25) is 11.6 Å². The van der Waals surface area contributed by atoms with E-state index in [0.717, 1.165) is 16.3 Å². The van der Waals surface area contributed by atoms with Gasteiger partial charge in [0.1, 0.15) is 24.2 Å². The molecule has 1 aliphatic carbocycles. The molecule has 0 aliphatic heterocycles. The molecule has 178 valence electrons. The minimum atomic E-state index is -0.646. The van der Waals surface area contributed by atoms with Gasteiger partial charge in [0.25, 0.3) is 0 Å². The number of Topliss-reactive ketones (excluding diaryl/α,β-unsaturated/α-hetero) is 2. The predicted molar refractivity (Wildman–Crippen MR) is 130 cm³/mol. The molecule has 4 rings (SSSR count). The number of esters is 1. The SMILES string of the molecule is Cc1c(CN(C)CCOC(=O)[C@@H](N)C(C)C)oc2c1C(=O)C(=O)c1c-2ccc2c(C)cccc12. The van der Waals surface area contributed by atoms with Crippen molar-refractivity contribution in [1.29, 1.82) is 0 Å². The van der Waals surface area contributed by atoms with E-state index in [-0.39, 0.29) is 12.5 Å². The summed E-state index contributed by atoms with van der Waals surface area (Å²) in [4.78, 5) is 40.1. The van der Waals surface area contributed by atoms with Gasteiger partial charge in [-0.3, -0.25) is 19.3 Å². The third-order valence-corrected chi connectivity index (χ3v) is 6.55. The molecule has 3 aromatic rings. The topological polar surface area (TPSA) is 103 Å². The Kier molecular flexibility index (Phi) is 6.43. The number of rotatable bonds is 7. The van der Waals surface area contributed by atoms with E-state index in [1.165, 1.54) is 0 Å². The smallest absolute Gasteiger partial charge is 0.323 e. The van der Waals surface area contributed by atoms with Crippen LogP contribution in [0.1, 0.15) is 51.5 Å². The lowest BCUT2D eigenvalue weighted by Gasteiger charge is -2.18. The Balaban J connectivity index is 1.59. The zero-order valence-electron chi connectivity index (χ0n) is 20.2. The van der Waals surface area contributed by atoms with Crippen molar-refractivity contribution in [2.45, 2.75) is 40.3 Å². The number of hydrogen-bond acceptors (Lipinski definition) is 7. The first-order valence-corrected chi connectivity index (χ1v) is 11.5. The molecule has 1 aliphatic rings. The molecule has 2 aromatic carbocycles. The Labute approximate surface area is 198 Å². The van der Waals surface area contributed by atoms with Gasteiger partial charge >= 0.3 is 5.97 Å². The zero-order chi connectivity index (χ0) is 24.7. The number of benzene rings is 2. The number of ketones is 2. The molecule has 0 spiro atoms. The van der Waals surface area contributed by atoms with E-state index in [9.17, 15) is 14.4 Å². The summed E-state index contributed by atoms with van der Waals surface area (Å²) in [7, 11) is 1.87. The molecule has 7 nitrogen and oxygen atoms in total. The van der Waals surface area contributed by atoms with Gasteiger partial charge in [-0.25, -0.2) is 0 Å². The Morgan fingerprint density at radius 3 is 2.47 bits per heavy atom. The van der Waals surface area contributed by atoms with Crippen molar-refractivity contribution in [3.8, 4) is 11.3 Å². The molecule has 0 bridgehead atoms. The molecule has 7 heteroatoms. The first kappa shape index (κ1) is 23.9. The minimum Gasteiger partial charge on any atom is -0.463 e. The van der Waals surface area contributed by atoms with Gasteiger partial charge in [0, 0.05) is 23.2 Å². The van der Waals surface area contributed by atoms with E-state index in [1.54, 1.807) is 6.92 Å². The second kappa shape index (κ2) is 9.16. The van der Waals surface area contributed by atoms with Gasteiger partial charge < -0.3 is 14.9 Å². The first-order chi connectivity index (χ1) is 16.1. The molecule has 1 aromatic heterocycles. The fraction of sp³-hybridized carbons (Fsp3) is 0.370. The number of likely N-dealkylation sites (N-methyl/N-ethyl adjacent to an activating group) is 1. The van der Waals surface area contributed by atoms with Crippen LogP contribution < -0.4 is 5.73 Å². The molecule has 0 saturated heterocycles. The Bertz CT molecular complexity index is 1300. The van der Waals surface area contributed by atoms with Crippen LogP contribution in [-0.4, -0.2) is 48.7 Å². The van der Waals surface area contributed by atoms with E-state index < -0.39 is 23.6 Å². The first-order valence-electron chi connectivity index (χ1n) is 11.5. The van der Waals surface area contributed by atoms with Crippen LogP contribution in [0, 0.1) is 19.8 Å². The Morgan fingerprint density at radius 2 is 1.76 bits per heavy atom. The third kappa shape index (κ3) is 4.06. The number of ether oxygens (including phenoxy) is 1. The molecule has 0 amide bonds. The van der Waals surface area contributed by atoms with E-state index >= 15 is 0 Å². The number of aryl methyl sites for hydroxylation is 1. The average molecular weight is 463 g/mol. The molecule has 0 saturated carbocycles. The van der Waals surface area contributed by atoms with Gasteiger partial charge in [-0.15, -0.1) is 0 Å². The van der Waals surface area contributed by atoms with Crippen molar-refractivity contribution in [2.24, 2.45) is 11.7 Å². The summed E-state index contributed by atoms with van der Waals surface area (Å²) in [6.45, 7) is 8.58. The maximum Gasteiger partial charge on any atom is 0.323 e. The molecular formula is C27H30N2O5. The van der Waals surface area contributed by atoms with Crippen molar-refractivity contribution < 1.29 is 23.5 Å². The Hall–Kier alpha value is -3.29. The second-order valence-electron chi connectivity index (χ2n) is 9.35. The highest BCUT2D eigenvalue weighted by Crippen LogP contribution is 2.41. The average Bonchev–Trinajstić information content (AvgIpc) is 3.12. The van der Waals surface area contributed by atoms with Gasteiger partial charge in [-0.2, -0.15) is 0 Å². The molecule has 34 heavy (non-hydrogen) atoms. The highest BCUT2D eigenvalue weighted by Gasteiger charge is 2.37. The van der Waals surface area contributed by atoms with Crippen LogP contribution in [0.5, 0.6) is 0 Å². The fourth-order valence-corrected chi connectivity index (χ4v) is 4.34. The lowest BCUT2D eigenvalue weighted by molar-refractivity contribution is -0.146. The van der Waals surface area contributed by atoms with Gasteiger partial charge in [-0.1, -0.05) is 38.1 Å². The van der Waals surface area contributed by atoms with Crippen LogP contribution in [0.4, 0.5) is 0 Å². The Morgan fingerprint density at radius 1 is 1.06 bits per heavy atom. The van der Waals surface area contributed by atoms with Crippen molar-refractivity contribution in [3.05, 3.63) is 58.3 Å². The monoisotopic (exact) mass is 462 g/mol. The standard InChI is InChI=1S/C27H30N2O5/c1-14(2)23(28)27(32)33-12-11-29(5)13-20-16(4)21-24(30)25(31)22-18-8-6-7-15(3)17(18)9-10-19(22)26(21)34-20/h6-10,14,23H,11-13,28H2,1-5H3/t23-/m0/s1. The fourth-order valence-electron chi connectivity index (χ4n) is 4.34. The number of carbonyl (C=O) groups is 3. The van der Waals surface area contributed by atoms with Crippen molar-refractivity contribution in [2.75, 3.05) is 20.2 Å². The third-order valence-electron chi connectivity index (χ3n) is 6.55. The minimum absolute atomic E-state index is 0.00600. The summed E-state index contributed by atoms with van der Waals surface area (Å²) in [5.74, 6) is -0.406. The highest BCUT2D eigenvalue weighted by molar-refractivity contribution is 6.54. The number of nitrogens with two attached hydrogens (primary N) is 1. The molecule has 1 atom stereocenters. The van der Waals surface area contributed by atoms with E-state index in [1.807, 2.05) is 63.1 Å². The second-order valence-corrected chi connectivity index (χ2v) is 9.35. The molecule has 0 radical (unpaired) electrons. The van der Waals surface area contributed by atoms with E-state index in [0.29, 0.717) is 46.9 Å². The van der Waals surface area contributed by atoms with Crippen LogP contribution in [0.15, 0.2) is 34.7 Å². The number of furan rings is 1. The lowest BCUT2D eigenvalue weighted by Crippen LogP contribution is -2.38. The van der Waals surface area contributed by atoms with Crippen LogP contribution in [0.3, 0.4) is 0 Å². The van der Waals surface area contributed by atoms with Crippen LogP contribution in [0.2, 0.25) is 0 Å². The van der Waals surface area contributed by atoms with Gasteiger partial charge in [0.15, 0.2) is 0 Å². The van der Waals surface area contributed by atoms with E-state index in [2.05, 4.69) is 0 Å². The summed E-state index contributed by atoms with van der Waals surface area (Å²) >= 11 is 0. The maximum absolute atomic E-state index is 13.1.